The van der Waals surface area contributed by atoms with E-state index < -0.39 is 5.97 Å². The first kappa shape index (κ1) is 19.5. The summed E-state index contributed by atoms with van der Waals surface area (Å²) in [6.45, 7) is 0. The van der Waals surface area contributed by atoms with Crippen LogP contribution < -0.4 is 10.1 Å². The van der Waals surface area contributed by atoms with Crippen molar-refractivity contribution in [1.29, 1.82) is 0 Å². The zero-order valence-electron chi connectivity index (χ0n) is 15.9. The van der Waals surface area contributed by atoms with E-state index in [1.807, 2.05) is 35.0 Å². The van der Waals surface area contributed by atoms with Crippen LogP contribution in [0.2, 0.25) is 0 Å². The Morgan fingerprint density at radius 1 is 1.13 bits per heavy atom. The van der Waals surface area contributed by atoms with Gasteiger partial charge in [0.2, 0.25) is 0 Å². The Morgan fingerprint density at radius 3 is 2.53 bits per heavy atom. The number of amides is 1. The van der Waals surface area contributed by atoms with Gasteiger partial charge in [-0.3, -0.25) is 4.79 Å². The summed E-state index contributed by atoms with van der Waals surface area (Å²) in [4.78, 5) is 28.4. The monoisotopic (exact) mass is 419 g/mol. The molecular weight excluding hydrogens is 402 g/mol. The summed E-state index contributed by atoms with van der Waals surface area (Å²) in [5.41, 5.74) is 2.52. The fourth-order valence-corrected chi connectivity index (χ4v) is 3.73. The lowest BCUT2D eigenvalue weighted by molar-refractivity contribution is -0.115. The first-order valence-corrected chi connectivity index (χ1v) is 9.80. The minimum Gasteiger partial charge on any atom is -0.497 e. The Morgan fingerprint density at radius 2 is 1.87 bits per heavy atom. The summed E-state index contributed by atoms with van der Waals surface area (Å²) in [7, 11) is 1.60. The number of aromatic carboxylic acids is 1. The third-order valence-corrected chi connectivity index (χ3v) is 5.32. The van der Waals surface area contributed by atoms with Crippen LogP contribution in [-0.2, 0) is 4.79 Å². The molecule has 0 atom stereocenters. The van der Waals surface area contributed by atoms with Crippen molar-refractivity contribution < 1.29 is 19.4 Å². The Bertz CT molecular complexity index is 1160. The van der Waals surface area contributed by atoms with Gasteiger partial charge in [-0.1, -0.05) is 0 Å². The largest absolute Gasteiger partial charge is 0.497 e. The van der Waals surface area contributed by atoms with Crippen LogP contribution in [-0.4, -0.2) is 33.8 Å². The van der Waals surface area contributed by atoms with Crippen LogP contribution in [0.5, 0.6) is 5.75 Å². The van der Waals surface area contributed by atoms with Crippen molar-refractivity contribution in [3.05, 3.63) is 83.0 Å². The number of ether oxygens (including phenoxy) is 1. The molecule has 0 saturated carbocycles. The molecule has 0 radical (unpaired) electrons. The fraction of sp³-hybridized carbons (Fsp3) is 0.0455. The maximum Gasteiger partial charge on any atom is 0.335 e. The highest BCUT2D eigenvalue weighted by Crippen LogP contribution is 2.29. The molecule has 0 spiro atoms. The van der Waals surface area contributed by atoms with Crippen molar-refractivity contribution in [3.8, 4) is 11.4 Å². The van der Waals surface area contributed by atoms with Gasteiger partial charge in [0.15, 0.2) is 5.17 Å². The number of rotatable bonds is 5. The number of amidine groups is 1. The van der Waals surface area contributed by atoms with E-state index in [9.17, 15) is 9.59 Å². The number of benzene rings is 2. The van der Waals surface area contributed by atoms with Crippen molar-refractivity contribution in [2.75, 3.05) is 7.11 Å². The molecule has 1 aliphatic rings. The second-order valence-corrected chi connectivity index (χ2v) is 7.37. The molecular formula is C22H17N3O4S. The van der Waals surface area contributed by atoms with Gasteiger partial charge >= 0.3 is 5.97 Å². The summed E-state index contributed by atoms with van der Waals surface area (Å²) in [5, 5.41) is 12.3. The van der Waals surface area contributed by atoms with Crippen LogP contribution in [0, 0.1) is 0 Å². The molecule has 1 aromatic heterocycles. The number of carbonyl (C=O) groups excluding carboxylic acids is 1. The summed E-state index contributed by atoms with van der Waals surface area (Å²) in [5.74, 6) is -0.458. The van der Waals surface area contributed by atoms with Crippen LogP contribution in [0.1, 0.15) is 16.1 Å². The van der Waals surface area contributed by atoms with Gasteiger partial charge in [0.05, 0.1) is 23.3 Å². The number of nitrogens with one attached hydrogen (secondary N) is 1. The SMILES string of the molecule is COc1ccc(N=C2NC(=O)/C(=C\c3cccn3-c3ccc(C(=O)O)cc3)S2)cc1. The van der Waals surface area contributed by atoms with Crippen LogP contribution >= 0.6 is 11.8 Å². The maximum atomic E-state index is 12.4. The molecule has 2 heterocycles. The van der Waals surface area contributed by atoms with E-state index in [-0.39, 0.29) is 11.5 Å². The van der Waals surface area contributed by atoms with E-state index in [0.29, 0.717) is 15.8 Å². The second-order valence-electron chi connectivity index (χ2n) is 6.33. The molecule has 1 aliphatic heterocycles. The maximum absolute atomic E-state index is 12.4. The van der Waals surface area contributed by atoms with E-state index in [0.717, 1.165) is 17.1 Å². The number of aliphatic imine (C=N–C) groups is 1. The molecule has 2 N–H and O–H groups in total. The first-order chi connectivity index (χ1) is 14.5. The smallest absolute Gasteiger partial charge is 0.335 e. The lowest BCUT2D eigenvalue weighted by Crippen LogP contribution is -2.19. The Labute approximate surface area is 176 Å². The lowest BCUT2D eigenvalue weighted by Gasteiger charge is -2.07. The number of nitrogens with zero attached hydrogens (tertiary/aromatic N) is 2. The minimum absolute atomic E-state index is 0.218. The van der Waals surface area contributed by atoms with E-state index in [1.165, 1.54) is 11.8 Å². The van der Waals surface area contributed by atoms with Crippen LogP contribution in [0.3, 0.4) is 0 Å². The molecule has 0 aliphatic carbocycles. The molecule has 2 aromatic carbocycles. The Hall–Kier alpha value is -3.78. The van der Waals surface area contributed by atoms with Crippen molar-refractivity contribution in [2.45, 2.75) is 0 Å². The van der Waals surface area contributed by atoms with Crippen molar-refractivity contribution >= 4 is 40.6 Å². The van der Waals surface area contributed by atoms with Gasteiger partial charge in [0.25, 0.3) is 5.91 Å². The highest BCUT2D eigenvalue weighted by atomic mass is 32.2. The molecule has 7 nitrogen and oxygen atoms in total. The average molecular weight is 419 g/mol. The first-order valence-electron chi connectivity index (χ1n) is 8.98. The number of carboxylic acid groups (broad SMARTS) is 1. The van der Waals surface area contributed by atoms with Crippen molar-refractivity contribution in [2.24, 2.45) is 4.99 Å². The van der Waals surface area contributed by atoms with Gasteiger partial charge in [0, 0.05) is 17.6 Å². The van der Waals surface area contributed by atoms with E-state index in [2.05, 4.69) is 10.3 Å². The predicted molar refractivity (Wildman–Crippen MR) is 117 cm³/mol. The number of hydrogen-bond donors (Lipinski definition) is 2. The minimum atomic E-state index is -0.973. The van der Waals surface area contributed by atoms with Gasteiger partial charge in [-0.15, -0.1) is 0 Å². The highest BCUT2D eigenvalue weighted by molar-refractivity contribution is 8.18. The molecule has 0 unspecified atom stereocenters. The molecule has 1 fully saturated rings. The summed E-state index contributed by atoms with van der Waals surface area (Å²) >= 11 is 1.26. The summed E-state index contributed by atoms with van der Waals surface area (Å²) in [6.07, 6.45) is 3.63. The molecule has 1 saturated heterocycles. The average Bonchev–Trinajstić information content (AvgIpc) is 3.35. The van der Waals surface area contributed by atoms with Crippen LogP contribution in [0.25, 0.3) is 11.8 Å². The van der Waals surface area contributed by atoms with E-state index in [1.54, 1.807) is 49.6 Å². The van der Waals surface area contributed by atoms with Crippen molar-refractivity contribution in [3.63, 3.8) is 0 Å². The molecule has 150 valence electrons. The number of hydrogen-bond acceptors (Lipinski definition) is 5. The Balaban J connectivity index is 1.57. The lowest BCUT2D eigenvalue weighted by atomic mass is 10.2. The second kappa shape index (κ2) is 8.30. The van der Waals surface area contributed by atoms with Gasteiger partial charge in [-0.25, -0.2) is 9.79 Å². The van der Waals surface area contributed by atoms with Crippen LogP contribution in [0.15, 0.2) is 76.8 Å². The molecule has 3 aromatic rings. The Kier molecular flexibility index (Phi) is 5.40. The molecule has 8 heteroatoms. The van der Waals surface area contributed by atoms with Crippen molar-refractivity contribution in [1.82, 2.24) is 9.88 Å². The standard InChI is InChI=1S/C22H17N3O4S/c1-29-18-10-6-15(7-11-18)23-22-24-20(26)19(30-22)13-17-3-2-12-25(17)16-8-4-14(5-9-16)21(27)28/h2-13H,1H3,(H,27,28)(H,23,24,26)/b19-13+. The number of aromatic nitrogens is 1. The molecule has 30 heavy (non-hydrogen) atoms. The number of thioether (sulfide) groups is 1. The van der Waals surface area contributed by atoms with Gasteiger partial charge in [0.1, 0.15) is 5.75 Å². The zero-order chi connectivity index (χ0) is 21.1. The molecule has 1 amide bonds. The van der Waals surface area contributed by atoms with Gasteiger partial charge in [-0.05, 0) is 78.5 Å². The highest BCUT2D eigenvalue weighted by Gasteiger charge is 2.24. The molecule has 0 bridgehead atoms. The molecule has 4 rings (SSSR count). The van der Waals surface area contributed by atoms with Gasteiger partial charge in [-0.2, -0.15) is 0 Å². The topological polar surface area (TPSA) is 92.9 Å². The third kappa shape index (κ3) is 4.13. The zero-order valence-corrected chi connectivity index (χ0v) is 16.7. The quantitative estimate of drug-likeness (QED) is 0.608. The number of methoxy groups -OCH3 is 1. The number of carbonyl (C=O) groups is 2. The third-order valence-electron chi connectivity index (χ3n) is 4.41. The number of carboxylic acids is 1. The van der Waals surface area contributed by atoms with E-state index >= 15 is 0 Å². The normalized spacial score (nSPS) is 16.1. The predicted octanol–water partition coefficient (Wildman–Crippen LogP) is 4.08. The summed E-state index contributed by atoms with van der Waals surface area (Å²) in [6, 6.07) is 17.5. The summed E-state index contributed by atoms with van der Waals surface area (Å²) < 4.78 is 7.01. The fourth-order valence-electron chi connectivity index (χ4n) is 2.90. The van der Waals surface area contributed by atoms with E-state index in [4.69, 9.17) is 9.84 Å². The van der Waals surface area contributed by atoms with Crippen LogP contribution in [0.4, 0.5) is 5.69 Å². The van der Waals surface area contributed by atoms with Gasteiger partial charge < -0.3 is 19.7 Å².